The molecule has 0 bridgehead atoms. The van der Waals surface area contributed by atoms with Gasteiger partial charge in [0.15, 0.2) is 11.5 Å². The summed E-state index contributed by atoms with van der Waals surface area (Å²) in [6.07, 6.45) is 3.55. The van der Waals surface area contributed by atoms with Crippen molar-refractivity contribution in [2.24, 2.45) is 0 Å². The van der Waals surface area contributed by atoms with Gasteiger partial charge in [0.05, 0.1) is 23.1 Å². The van der Waals surface area contributed by atoms with Crippen LogP contribution in [0.3, 0.4) is 0 Å². The third-order valence-electron chi connectivity index (χ3n) is 3.80. The summed E-state index contributed by atoms with van der Waals surface area (Å²) >= 11 is 0. The van der Waals surface area contributed by atoms with E-state index >= 15 is 0 Å². The maximum Gasteiger partial charge on any atom is 0.178 e. The lowest BCUT2D eigenvalue weighted by Gasteiger charge is -2.07. The van der Waals surface area contributed by atoms with Gasteiger partial charge in [-0.3, -0.25) is 10.1 Å². The standard InChI is InChI=1S/C16H17N7/c1-9(2)23-16-12(10(3)22-23)7-11(8-18-16)19-15-14-13(20-21-15)5-4-6-17-14/h4-9H,1-3H3,(H2,19,20,21). The Morgan fingerprint density at radius 2 is 2.13 bits per heavy atom. The van der Waals surface area contributed by atoms with Crippen molar-refractivity contribution in [2.45, 2.75) is 26.8 Å². The van der Waals surface area contributed by atoms with Crippen LogP contribution in [0.1, 0.15) is 25.6 Å². The molecule has 0 aromatic carbocycles. The first-order valence-electron chi connectivity index (χ1n) is 7.54. The SMILES string of the molecule is Cc1nn(C(C)C)c2ncc(Nc3n[nH]c4cccnc34)cc12. The van der Waals surface area contributed by atoms with Crippen LogP contribution in [0.2, 0.25) is 0 Å². The number of fused-ring (bicyclic) bond motifs is 2. The van der Waals surface area contributed by atoms with Gasteiger partial charge in [-0.2, -0.15) is 10.2 Å². The van der Waals surface area contributed by atoms with Gasteiger partial charge in [0.2, 0.25) is 0 Å². The molecule has 7 nitrogen and oxygen atoms in total. The first-order chi connectivity index (χ1) is 11.1. The van der Waals surface area contributed by atoms with Gasteiger partial charge in [0.25, 0.3) is 0 Å². The van der Waals surface area contributed by atoms with E-state index in [0.717, 1.165) is 33.4 Å². The van der Waals surface area contributed by atoms with Crippen LogP contribution in [0.5, 0.6) is 0 Å². The highest BCUT2D eigenvalue weighted by Gasteiger charge is 2.13. The maximum absolute atomic E-state index is 4.57. The summed E-state index contributed by atoms with van der Waals surface area (Å²) in [5.74, 6) is 0.690. The quantitative estimate of drug-likeness (QED) is 0.606. The maximum atomic E-state index is 4.57. The van der Waals surface area contributed by atoms with Crippen molar-refractivity contribution in [3.8, 4) is 0 Å². The number of nitrogens with zero attached hydrogens (tertiary/aromatic N) is 5. The molecule has 2 N–H and O–H groups in total. The number of aryl methyl sites for hydroxylation is 1. The number of pyridine rings is 2. The summed E-state index contributed by atoms with van der Waals surface area (Å²) in [6.45, 7) is 6.20. The number of hydrogen-bond donors (Lipinski definition) is 2. The Morgan fingerprint density at radius 1 is 1.26 bits per heavy atom. The molecule has 0 unspecified atom stereocenters. The minimum absolute atomic E-state index is 0.275. The number of hydrogen-bond acceptors (Lipinski definition) is 5. The van der Waals surface area contributed by atoms with Crippen LogP contribution in [-0.2, 0) is 0 Å². The van der Waals surface area contributed by atoms with Gasteiger partial charge in [0, 0.05) is 17.6 Å². The number of rotatable bonds is 3. The van der Waals surface area contributed by atoms with Crippen LogP contribution in [0, 0.1) is 6.92 Å². The van der Waals surface area contributed by atoms with Crippen LogP contribution in [0.4, 0.5) is 11.5 Å². The third-order valence-corrected chi connectivity index (χ3v) is 3.80. The summed E-state index contributed by atoms with van der Waals surface area (Å²) in [5.41, 5.74) is 4.43. The lowest BCUT2D eigenvalue weighted by atomic mass is 10.2. The number of nitrogens with one attached hydrogen (secondary N) is 2. The molecule has 4 heterocycles. The van der Waals surface area contributed by atoms with E-state index < -0.39 is 0 Å². The molecule has 0 aliphatic rings. The Bertz CT molecular complexity index is 996. The fourth-order valence-electron chi connectivity index (χ4n) is 2.67. The zero-order valence-electron chi connectivity index (χ0n) is 13.2. The van der Waals surface area contributed by atoms with Crippen molar-refractivity contribution in [1.29, 1.82) is 0 Å². The summed E-state index contributed by atoms with van der Waals surface area (Å²) in [5, 5.41) is 16.1. The Labute approximate surface area is 132 Å². The van der Waals surface area contributed by atoms with Crippen molar-refractivity contribution in [3.05, 3.63) is 36.3 Å². The molecule has 0 radical (unpaired) electrons. The van der Waals surface area contributed by atoms with E-state index in [1.54, 1.807) is 12.4 Å². The van der Waals surface area contributed by atoms with E-state index in [4.69, 9.17) is 0 Å². The van der Waals surface area contributed by atoms with E-state index in [-0.39, 0.29) is 6.04 Å². The van der Waals surface area contributed by atoms with Crippen molar-refractivity contribution in [2.75, 3.05) is 5.32 Å². The molecule has 0 fully saturated rings. The van der Waals surface area contributed by atoms with Crippen LogP contribution < -0.4 is 5.32 Å². The lowest BCUT2D eigenvalue weighted by molar-refractivity contribution is 0.542. The highest BCUT2D eigenvalue weighted by atomic mass is 15.3. The summed E-state index contributed by atoms with van der Waals surface area (Å²) in [4.78, 5) is 8.91. The van der Waals surface area contributed by atoms with Gasteiger partial charge in [-0.25, -0.2) is 9.67 Å². The van der Waals surface area contributed by atoms with E-state index in [0.29, 0.717) is 5.82 Å². The molecule has 4 aromatic heterocycles. The normalized spacial score (nSPS) is 11.7. The van der Waals surface area contributed by atoms with Crippen molar-refractivity contribution in [1.82, 2.24) is 29.9 Å². The van der Waals surface area contributed by atoms with Crippen LogP contribution in [0.15, 0.2) is 30.6 Å². The fraction of sp³-hybridized carbons (Fsp3) is 0.250. The van der Waals surface area contributed by atoms with E-state index in [1.165, 1.54) is 0 Å². The molecule has 0 saturated heterocycles. The highest BCUT2D eigenvalue weighted by Crippen LogP contribution is 2.26. The molecule has 0 atom stereocenters. The van der Waals surface area contributed by atoms with E-state index in [1.807, 2.05) is 29.8 Å². The van der Waals surface area contributed by atoms with Gasteiger partial charge in [-0.05, 0) is 39.0 Å². The number of H-pyrrole nitrogens is 1. The summed E-state index contributed by atoms with van der Waals surface area (Å²) in [6, 6.07) is 6.14. The monoisotopic (exact) mass is 307 g/mol. The van der Waals surface area contributed by atoms with Gasteiger partial charge < -0.3 is 5.32 Å². The minimum atomic E-state index is 0.275. The molecule has 0 saturated carbocycles. The number of aromatic amines is 1. The van der Waals surface area contributed by atoms with Crippen molar-refractivity contribution < 1.29 is 0 Å². The van der Waals surface area contributed by atoms with E-state index in [2.05, 4.69) is 44.4 Å². The Kier molecular flexibility index (Phi) is 3.00. The second-order valence-corrected chi connectivity index (χ2v) is 5.82. The molecular formula is C16H17N7. The highest BCUT2D eigenvalue weighted by molar-refractivity contribution is 5.89. The number of anilines is 2. The Morgan fingerprint density at radius 3 is 2.96 bits per heavy atom. The predicted molar refractivity (Wildman–Crippen MR) is 89.8 cm³/mol. The average molecular weight is 307 g/mol. The third kappa shape index (κ3) is 2.21. The second-order valence-electron chi connectivity index (χ2n) is 5.82. The van der Waals surface area contributed by atoms with Crippen LogP contribution in [0.25, 0.3) is 22.1 Å². The average Bonchev–Trinajstić information content (AvgIpc) is 3.10. The van der Waals surface area contributed by atoms with Gasteiger partial charge in [-0.15, -0.1) is 0 Å². The van der Waals surface area contributed by atoms with Gasteiger partial charge in [-0.1, -0.05) is 0 Å². The second kappa shape index (κ2) is 5.05. The van der Waals surface area contributed by atoms with Crippen LogP contribution in [-0.4, -0.2) is 29.9 Å². The largest absolute Gasteiger partial charge is 0.336 e. The Hall–Kier alpha value is -2.96. The number of aromatic nitrogens is 6. The molecule has 7 heteroatoms. The lowest BCUT2D eigenvalue weighted by Crippen LogP contribution is -2.03. The first kappa shape index (κ1) is 13.7. The summed E-state index contributed by atoms with van der Waals surface area (Å²) < 4.78 is 1.94. The first-order valence-corrected chi connectivity index (χ1v) is 7.54. The van der Waals surface area contributed by atoms with Gasteiger partial charge >= 0.3 is 0 Å². The molecule has 0 amide bonds. The molecule has 116 valence electrons. The zero-order chi connectivity index (χ0) is 16.0. The topological polar surface area (TPSA) is 84.3 Å². The van der Waals surface area contributed by atoms with Crippen LogP contribution >= 0.6 is 0 Å². The molecule has 0 aliphatic heterocycles. The fourth-order valence-corrected chi connectivity index (χ4v) is 2.67. The van der Waals surface area contributed by atoms with Gasteiger partial charge in [0.1, 0.15) is 5.52 Å². The minimum Gasteiger partial charge on any atom is -0.336 e. The van der Waals surface area contributed by atoms with E-state index in [9.17, 15) is 0 Å². The molecule has 0 aliphatic carbocycles. The molecule has 4 rings (SSSR count). The molecule has 23 heavy (non-hydrogen) atoms. The predicted octanol–water partition coefficient (Wildman–Crippen LogP) is 3.34. The molecule has 4 aromatic rings. The summed E-state index contributed by atoms with van der Waals surface area (Å²) in [7, 11) is 0. The van der Waals surface area contributed by atoms with Crippen molar-refractivity contribution in [3.63, 3.8) is 0 Å². The molecular weight excluding hydrogens is 290 g/mol. The Balaban J connectivity index is 1.76. The zero-order valence-corrected chi connectivity index (χ0v) is 13.2. The molecule has 0 spiro atoms. The smallest absolute Gasteiger partial charge is 0.178 e. The van der Waals surface area contributed by atoms with Crippen molar-refractivity contribution >= 4 is 33.6 Å².